The summed E-state index contributed by atoms with van der Waals surface area (Å²) in [4.78, 5) is 13.1. The number of hydrogen-bond acceptors (Lipinski definition) is 6. The smallest absolute Gasteiger partial charge is 0.242 e. The molecule has 0 spiro atoms. The molecule has 0 saturated carbocycles. The summed E-state index contributed by atoms with van der Waals surface area (Å²) >= 11 is 5.59. The molecule has 0 fully saturated rings. The van der Waals surface area contributed by atoms with Gasteiger partial charge in [-0.1, -0.05) is 0 Å². The molecule has 1 rings (SSSR count). The van der Waals surface area contributed by atoms with Crippen molar-refractivity contribution in [3.8, 4) is 6.19 Å². The third kappa shape index (κ3) is 2.42. The lowest BCUT2D eigenvalue weighted by Crippen LogP contribution is -2.14. The molecule has 0 unspecified atom stereocenters. The molecule has 0 aliphatic heterocycles. The summed E-state index contributed by atoms with van der Waals surface area (Å²) in [6.07, 6.45) is 1.70. The number of nitriles is 1. The number of nitrogens with one attached hydrogen (secondary N) is 1. The van der Waals surface area contributed by atoms with Crippen LogP contribution in [0, 0.1) is 11.5 Å². The molecule has 68 valence electrons. The zero-order valence-corrected chi connectivity index (χ0v) is 7.87. The molecular weight excluding hydrogens is 192 g/mol. The average Bonchev–Trinajstić information content (AvgIpc) is 2.03. The Bertz CT molecular complexity index is 343. The van der Waals surface area contributed by atoms with Crippen molar-refractivity contribution >= 4 is 23.5 Å². The van der Waals surface area contributed by atoms with E-state index >= 15 is 0 Å². The van der Waals surface area contributed by atoms with Crippen LogP contribution in [0.25, 0.3) is 0 Å². The van der Waals surface area contributed by atoms with Gasteiger partial charge in [0.2, 0.25) is 17.2 Å². The van der Waals surface area contributed by atoms with Crippen molar-refractivity contribution < 1.29 is 0 Å². The lowest BCUT2D eigenvalue weighted by molar-refractivity contribution is 0.961. The number of aromatic nitrogens is 3. The Morgan fingerprint density at radius 2 is 2.08 bits per heavy atom. The summed E-state index contributed by atoms with van der Waals surface area (Å²) < 4.78 is 0. The van der Waals surface area contributed by atoms with E-state index in [9.17, 15) is 0 Å². The van der Waals surface area contributed by atoms with Crippen LogP contribution in [0.5, 0.6) is 0 Å². The second kappa shape index (κ2) is 3.87. The van der Waals surface area contributed by atoms with E-state index in [-0.39, 0.29) is 11.2 Å². The predicted molar refractivity (Wildman–Crippen MR) is 48.4 cm³/mol. The first kappa shape index (κ1) is 9.48. The highest BCUT2D eigenvalue weighted by molar-refractivity contribution is 6.28. The number of hydrogen-bond donors (Lipinski definition) is 1. The second-order valence-corrected chi connectivity index (χ2v) is 2.70. The summed E-state index contributed by atoms with van der Waals surface area (Å²) in [5.74, 6) is 0.545. The molecule has 6 nitrogen and oxygen atoms in total. The Morgan fingerprint density at radius 3 is 2.62 bits per heavy atom. The maximum atomic E-state index is 8.32. The fourth-order valence-electron chi connectivity index (χ4n) is 0.646. The zero-order valence-electron chi connectivity index (χ0n) is 7.11. The molecule has 0 radical (unpaired) electrons. The minimum absolute atomic E-state index is 0.0523. The van der Waals surface area contributed by atoms with Crippen molar-refractivity contribution in [2.75, 3.05) is 24.3 Å². The van der Waals surface area contributed by atoms with Gasteiger partial charge in [0.05, 0.1) is 0 Å². The van der Waals surface area contributed by atoms with Gasteiger partial charge in [-0.2, -0.15) is 20.2 Å². The van der Waals surface area contributed by atoms with Crippen LogP contribution in [-0.4, -0.2) is 29.0 Å². The normalized spacial score (nSPS) is 9.08. The molecule has 0 bridgehead atoms. The minimum atomic E-state index is 0.0523. The van der Waals surface area contributed by atoms with E-state index in [0.717, 1.165) is 0 Å². The number of rotatable bonds is 2. The van der Waals surface area contributed by atoms with Crippen LogP contribution < -0.4 is 10.2 Å². The van der Waals surface area contributed by atoms with Crippen LogP contribution in [0.2, 0.25) is 5.28 Å². The van der Waals surface area contributed by atoms with Gasteiger partial charge in [-0.3, -0.25) is 5.32 Å². The third-order valence-corrected chi connectivity index (χ3v) is 1.33. The molecule has 1 aromatic rings. The number of halogens is 1. The quantitative estimate of drug-likeness (QED) is 0.550. The Morgan fingerprint density at radius 1 is 1.38 bits per heavy atom. The van der Waals surface area contributed by atoms with Crippen molar-refractivity contribution in [2.24, 2.45) is 0 Å². The molecule has 1 aromatic heterocycles. The maximum absolute atomic E-state index is 8.32. The van der Waals surface area contributed by atoms with Crippen LogP contribution in [-0.2, 0) is 0 Å². The highest BCUT2D eigenvalue weighted by Gasteiger charge is 2.05. The zero-order chi connectivity index (χ0) is 9.84. The van der Waals surface area contributed by atoms with Gasteiger partial charge in [0.1, 0.15) is 0 Å². The van der Waals surface area contributed by atoms with Crippen molar-refractivity contribution in [3.05, 3.63) is 5.28 Å². The van der Waals surface area contributed by atoms with Gasteiger partial charge in [-0.25, -0.2) is 0 Å². The Hall–Kier alpha value is -1.61. The van der Waals surface area contributed by atoms with Crippen molar-refractivity contribution in [1.82, 2.24) is 15.0 Å². The van der Waals surface area contributed by atoms with E-state index in [0.29, 0.717) is 5.95 Å². The predicted octanol–water partition coefficient (Wildman–Crippen LogP) is 0.484. The summed E-state index contributed by atoms with van der Waals surface area (Å²) in [7, 11) is 3.53. The highest BCUT2D eigenvalue weighted by atomic mass is 35.5. The van der Waals surface area contributed by atoms with Gasteiger partial charge in [-0.05, 0) is 11.6 Å². The topological polar surface area (TPSA) is 77.7 Å². The molecular formula is C6H7ClN6. The van der Waals surface area contributed by atoms with E-state index in [1.165, 1.54) is 0 Å². The molecule has 0 aliphatic carbocycles. The van der Waals surface area contributed by atoms with Gasteiger partial charge in [0.15, 0.2) is 6.19 Å². The number of nitrogens with zero attached hydrogens (tertiary/aromatic N) is 5. The van der Waals surface area contributed by atoms with Gasteiger partial charge in [-0.15, -0.1) is 0 Å². The summed E-state index contributed by atoms with van der Waals surface area (Å²) in [6, 6.07) is 0. The first-order valence-electron chi connectivity index (χ1n) is 3.37. The van der Waals surface area contributed by atoms with Crippen LogP contribution in [0.15, 0.2) is 0 Å². The first-order chi connectivity index (χ1) is 6.13. The van der Waals surface area contributed by atoms with E-state index in [1.54, 1.807) is 25.2 Å². The monoisotopic (exact) mass is 198 g/mol. The van der Waals surface area contributed by atoms with Crippen LogP contribution in [0.1, 0.15) is 0 Å². The Labute approximate surface area is 80.2 Å². The molecule has 7 heteroatoms. The van der Waals surface area contributed by atoms with E-state index in [4.69, 9.17) is 16.9 Å². The molecule has 13 heavy (non-hydrogen) atoms. The van der Waals surface area contributed by atoms with Gasteiger partial charge < -0.3 is 4.90 Å². The standard InChI is InChI=1S/C6H7ClN6/c1-13(2)6-11-4(7)10-5(12-6)9-3-8/h1-2H3,(H,9,10,11,12). The van der Waals surface area contributed by atoms with Crippen LogP contribution in [0.4, 0.5) is 11.9 Å². The Balaban J connectivity index is 3.05. The fraction of sp³-hybridized carbons (Fsp3) is 0.333. The Kier molecular flexibility index (Phi) is 2.82. The summed E-state index contributed by atoms with van der Waals surface area (Å²) in [5.41, 5.74) is 0. The lowest BCUT2D eigenvalue weighted by Gasteiger charge is -2.09. The van der Waals surface area contributed by atoms with E-state index in [2.05, 4.69) is 20.3 Å². The van der Waals surface area contributed by atoms with E-state index in [1.807, 2.05) is 0 Å². The van der Waals surface area contributed by atoms with Crippen molar-refractivity contribution in [3.63, 3.8) is 0 Å². The minimum Gasteiger partial charge on any atom is -0.347 e. The summed E-state index contributed by atoms with van der Waals surface area (Å²) in [6.45, 7) is 0. The largest absolute Gasteiger partial charge is 0.347 e. The molecule has 0 atom stereocenters. The van der Waals surface area contributed by atoms with Crippen LogP contribution in [0.3, 0.4) is 0 Å². The fourth-order valence-corrected chi connectivity index (χ4v) is 0.801. The van der Waals surface area contributed by atoms with E-state index < -0.39 is 0 Å². The number of anilines is 2. The summed E-state index contributed by atoms with van der Waals surface area (Å²) in [5, 5.41) is 10.6. The average molecular weight is 199 g/mol. The SMILES string of the molecule is CN(C)c1nc(Cl)nc(NC#N)n1. The molecule has 0 amide bonds. The molecule has 0 saturated heterocycles. The van der Waals surface area contributed by atoms with Crippen molar-refractivity contribution in [1.29, 1.82) is 5.26 Å². The van der Waals surface area contributed by atoms with Gasteiger partial charge in [0, 0.05) is 14.1 Å². The molecule has 1 heterocycles. The lowest BCUT2D eigenvalue weighted by atomic mass is 10.8. The first-order valence-corrected chi connectivity index (χ1v) is 3.75. The van der Waals surface area contributed by atoms with Gasteiger partial charge >= 0.3 is 0 Å². The van der Waals surface area contributed by atoms with Gasteiger partial charge in [0.25, 0.3) is 0 Å². The molecule has 0 aromatic carbocycles. The third-order valence-electron chi connectivity index (χ3n) is 1.16. The second-order valence-electron chi connectivity index (χ2n) is 2.36. The molecule has 1 N–H and O–H groups in total. The van der Waals surface area contributed by atoms with Crippen molar-refractivity contribution in [2.45, 2.75) is 0 Å². The maximum Gasteiger partial charge on any atom is 0.242 e. The molecule has 0 aliphatic rings. The van der Waals surface area contributed by atoms with Crippen LogP contribution >= 0.6 is 11.6 Å². The highest BCUT2D eigenvalue weighted by Crippen LogP contribution is 2.10.